The average Bonchev–Trinajstić information content (AvgIpc) is 2.80. The van der Waals surface area contributed by atoms with Gasteiger partial charge in [0.05, 0.1) is 5.69 Å². The highest BCUT2D eigenvalue weighted by Crippen LogP contribution is 2.07. The highest BCUT2D eigenvalue weighted by atomic mass is 16.2. The standard InChI is InChI=1S/C12H15N5O2/c1-2-5-17-7-8(3-4-11(17)18)14-12(19)9-6-10(13)16-15-9/h3-4,6-7H,2,5H2,1H3,(H,14,19)(H3,13,15,16). The zero-order valence-corrected chi connectivity index (χ0v) is 10.5. The van der Waals surface area contributed by atoms with Crippen molar-refractivity contribution in [1.82, 2.24) is 14.8 Å². The lowest BCUT2D eigenvalue weighted by Crippen LogP contribution is -2.20. The van der Waals surface area contributed by atoms with Crippen LogP contribution in [-0.4, -0.2) is 20.7 Å². The fraction of sp³-hybridized carbons (Fsp3) is 0.250. The number of nitrogens with zero attached hydrogens (tertiary/aromatic N) is 2. The largest absolute Gasteiger partial charge is 0.382 e. The summed E-state index contributed by atoms with van der Waals surface area (Å²) in [5.74, 6) is -0.105. The van der Waals surface area contributed by atoms with E-state index in [1.807, 2.05) is 6.92 Å². The van der Waals surface area contributed by atoms with Crippen LogP contribution in [-0.2, 0) is 6.54 Å². The summed E-state index contributed by atoms with van der Waals surface area (Å²) in [7, 11) is 0. The van der Waals surface area contributed by atoms with Crippen LogP contribution in [0.15, 0.2) is 29.2 Å². The van der Waals surface area contributed by atoms with E-state index < -0.39 is 0 Å². The van der Waals surface area contributed by atoms with E-state index in [0.29, 0.717) is 12.2 Å². The molecule has 7 nitrogen and oxygen atoms in total. The third-order valence-corrected chi connectivity index (χ3v) is 2.55. The molecule has 0 fully saturated rings. The second-order valence-corrected chi connectivity index (χ2v) is 4.11. The summed E-state index contributed by atoms with van der Waals surface area (Å²) in [5, 5.41) is 8.87. The van der Waals surface area contributed by atoms with E-state index in [0.717, 1.165) is 6.42 Å². The molecule has 0 spiro atoms. The molecule has 100 valence electrons. The summed E-state index contributed by atoms with van der Waals surface area (Å²) in [5.41, 5.74) is 6.15. The lowest BCUT2D eigenvalue weighted by Gasteiger charge is -2.07. The van der Waals surface area contributed by atoms with Gasteiger partial charge < -0.3 is 15.6 Å². The van der Waals surface area contributed by atoms with Gasteiger partial charge in [-0.05, 0) is 12.5 Å². The number of nitrogens with two attached hydrogens (primary N) is 1. The quantitative estimate of drug-likeness (QED) is 0.757. The molecule has 19 heavy (non-hydrogen) atoms. The lowest BCUT2D eigenvalue weighted by atomic mass is 10.3. The normalized spacial score (nSPS) is 10.4. The highest BCUT2D eigenvalue weighted by Gasteiger charge is 2.09. The van der Waals surface area contributed by atoms with Crippen LogP contribution in [0.25, 0.3) is 0 Å². The van der Waals surface area contributed by atoms with Gasteiger partial charge in [0.25, 0.3) is 11.5 Å². The number of carbonyl (C=O) groups is 1. The number of aryl methyl sites for hydroxylation is 1. The summed E-state index contributed by atoms with van der Waals surface area (Å²) in [4.78, 5) is 23.4. The van der Waals surface area contributed by atoms with Crippen LogP contribution in [0.3, 0.4) is 0 Å². The maximum Gasteiger partial charge on any atom is 0.273 e. The third-order valence-electron chi connectivity index (χ3n) is 2.55. The summed E-state index contributed by atoms with van der Waals surface area (Å²) in [6.07, 6.45) is 2.46. The molecule has 2 rings (SSSR count). The van der Waals surface area contributed by atoms with E-state index >= 15 is 0 Å². The third kappa shape index (κ3) is 3.01. The molecule has 0 saturated carbocycles. The minimum atomic E-state index is -0.356. The van der Waals surface area contributed by atoms with Crippen LogP contribution in [0.1, 0.15) is 23.8 Å². The monoisotopic (exact) mass is 261 g/mol. The van der Waals surface area contributed by atoms with Gasteiger partial charge in [-0.1, -0.05) is 6.92 Å². The zero-order chi connectivity index (χ0) is 13.8. The second-order valence-electron chi connectivity index (χ2n) is 4.11. The fourth-order valence-corrected chi connectivity index (χ4v) is 1.67. The second kappa shape index (κ2) is 5.38. The van der Waals surface area contributed by atoms with Crippen LogP contribution in [0, 0.1) is 0 Å². The van der Waals surface area contributed by atoms with E-state index in [2.05, 4.69) is 15.5 Å². The summed E-state index contributed by atoms with van der Waals surface area (Å²) in [6.45, 7) is 2.59. The molecule has 7 heteroatoms. The van der Waals surface area contributed by atoms with E-state index in [1.54, 1.807) is 16.8 Å². The smallest absolute Gasteiger partial charge is 0.273 e. The summed E-state index contributed by atoms with van der Waals surface area (Å²) >= 11 is 0. The van der Waals surface area contributed by atoms with Crippen molar-refractivity contribution in [2.75, 3.05) is 11.1 Å². The molecule has 0 atom stereocenters. The van der Waals surface area contributed by atoms with E-state index in [-0.39, 0.29) is 23.0 Å². The Bertz CT molecular complexity index is 644. The minimum Gasteiger partial charge on any atom is -0.382 e. The predicted octanol–water partition coefficient (Wildman–Crippen LogP) is 0.816. The Morgan fingerprint density at radius 3 is 2.95 bits per heavy atom. The van der Waals surface area contributed by atoms with Crippen molar-refractivity contribution in [3.63, 3.8) is 0 Å². The highest BCUT2D eigenvalue weighted by molar-refractivity contribution is 6.03. The number of hydrogen-bond acceptors (Lipinski definition) is 4. The maximum absolute atomic E-state index is 11.9. The Labute approximate surface area is 109 Å². The first-order valence-corrected chi connectivity index (χ1v) is 5.93. The number of rotatable bonds is 4. The topological polar surface area (TPSA) is 106 Å². The van der Waals surface area contributed by atoms with Gasteiger partial charge in [0, 0.05) is 24.9 Å². The molecule has 4 N–H and O–H groups in total. The Morgan fingerprint density at radius 2 is 2.32 bits per heavy atom. The van der Waals surface area contributed by atoms with E-state index in [1.165, 1.54) is 12.1 Å². The van der Waals surface area contributed by atoms with Crippen molar-refractivity contribution in [3.8, 4) is 0 Å². The predicted molar refractivity (Wildman–Crippen MR) is 71.9 cm³/mol. The van der Waals surface area contributed by atoms with Gasteiger partial charge in [0.2, 0.25) is 0 Å². The summed E-state index contributed by atoms with van der Waals surface area (Å²) in [6, 6.07) is 4.43. The molecular formula is C12H15N5O2. The Balaban J connectivity index is 2.17. The SMILES string of the molecule is CCCn1cc(NC(=O)c2cc(N)n[nH]2)ccc1=O. The molecule has 0 saturated heterocycles. The maximum atomic E-state index is 11.9. The van der Waals surface area contributed by atoms with Crippen LogP contribution in [0.4, 0.5) is 11.5 Å². The first-order valence-electron chi connectivity index (χ1n) is 5.93. The summed E-state index contributed by atoms with van der Waals surface area (Å²) < 4.78 is 1.55. The van der Waals surface area contributed by atoms with Gasteiger partial charge in [-0.2, -0.15) is 5.10 Å². The number of anilines is 2. The molecule has 1 amide bonds. The van der Waals surface area contributed by atoms with Crippen molar-refractivity contribution >= 4 is 17.4 Å². The number of amides is 1. The Morgan fingerprint density at radius 1 is 1.53 bits per heavy atom. The van der Waals surface area contributed by atoms with Gasteiger partial charge >= 0.3 is 0 Å². The van der Waals surface area contributed by atoms with E-state index in [4.69, 9.17) is 5.73 Å². The molecule has 0 aliphatic carbocycles. The molecular weight excluding hydrogens is 246 g/mol. The van der Waals surface area contributed by atoms with Crippen LogP contribution >= 0.6 is 0 Å². The van der Waals surface area contributed by atoms with Crippen molar-refractivity contribution in [3.05, 3.63) is 40.4 Å². The number of carbonyl (C=O) groups excluding carboxylic acids is 1. The number of nitrogen functional groups attached to an aromatic ring is 1. The fourth-order valence-electron chi connectivity index (χ4n) is 1.67. The van der Waals surface area contributed by atoms with Crippen molar-refractivity contribution in [1.29, 1.82) is 0 Å². The average molecular weight is 261 g/mol. The molecule has 0 unspecified atom stereocenters. The van der Waals surface area contributed by atoms with Gasteiger partial charge in [0.1, 0.15) is 11.5 Å². The molecule has 0 bridgehead atoms. The number of hydrogen-bond donors (Lipinski definition) is 3. The molecule has 0 aromatic carbocycles. The van der Waals surface area contributed by atoms with Crippen molar-refractivity contribution < 1.29 is 4.79 Å². The first-order chi connectivity index (χ1) is 9.10. The molecule has 2 aromatic rings. The van der Waals surface area contributed by atoms with Crippen LogP contribution in [0.5, 0.6) is 0 Å². The van der Waals surface area contributed by atoms with Crippen molar-refractivity contribution in [2.24, 2.45) is 0 Å². The number of pyridine rings is 1. The molecule has 2 aromatic heterocycles. The molecule has 0 aliphatic heterocycles. The van der Waals surface area contributed by atoms with Gasteiger partial charge in [0.15, 0.2) is 0 Å². The van der Waals surface area contributed by atoms with E-state index in [9.17, 15) is 9.59 Å². The minimum absolute atomic E-state index is 0.0920. The van der Waals surface area contributed by atoms with Gasteiger partial charge in [-0.15, -0.1) is 0 Å². The van der Waals surface area contributed by atoms with Crippen LogP contribution in [0.2, 0.25) is 0 Å². The number of aromatic amines is 1. The first kappa shape index (κ1) is 12.9. The molecule has 2 heterocycles. The molecule has 0 aliphatic rings. The Kier molecular flexibility index (Phi) is 3.65. The van der Waals surface area contributed by atoms with Crippen LogP contribution < -0.4 is 16.6 Å². The number of nitrogens with one attached hydrogen (secondary N) is 2. The van der Waals surface area contributed by atoms with Gasteiger partial charge in [-0.25, -0.2) is 0 Å². The molecule has 0 radical (unpaired) electrons. The van der Waals surface area contributed by atoms with Gasteiger partial charge in [-0.3, -0.25) is 14.7 Å². The number of aromatic nitrogens is 3. The zero-order valence-electron chi connectivity index (χ0n) is 10.5. The van der Waals surface area contributed by atoms with Crippen molar-refractivity contribution in [2.45, 2.75) is 19.9 Å². The number of H-pyrrole nitrogens is 1. The Hall–Kier alpha value is -2.57. The lowest BCUT2D eigenvalue weighted by molar-refractivity contribution is 0.102.